The van der Waals surface area contributed by atoms with Gasteiger partial charge in [-0.3, -0.25) is 4.79 Å². The maximum atomic E-state index is 10.4. The van der Waals surface area contributed by atoms with E-state index in [2.05, 4.69) is 10.2 Å². The fourth-order valence-electron chi connectivity index (χ4n) is 1.26. The zero-order chi connectivity index (χ0) is 14.4. The van der Waals surface area contributed by atoms with Crippen LogP contribution in [0.25, 0.3) is 0 Å². The van der Waals surface area contributed by atoms with Crippen molar-refractivity contribution in [2.45, 2.75) is 59.3 Å². The number of unbranched alkanes of at least 4 members (excludes halogenated alkanes) is 2. The van der Waals surface area contributed by atoms with Gasteiger partial charge in [0.2, 0.25) is 0 Å². The second-order valence-electron chi connectivity index (χ2n) is 4.05. The van der Waals surface area contributed by atoms with Crippen molar-refractivity contribution in [1.82, 2.24) is 0 Å². The summed E-state index contributed by atoms with van der Waals surface area (Å²) >= 11 is -3.17. The number of hydrogen-bond donors (Lipinski definition) is 2. The van der Waals surface area contributed by atoms with E-state index in [0.29, 0.717) is 6.61 Å². The third-order valence-corrected chi connectivity index (χ3v) is 3.18. The van der Waals surface area contributed by atoms with Gasteiger partial charge in [0, 0.05) is 0 Å². The van der Waals surface area contributed by atoms with Gasteiger partial charge in [-0.25, -0.2) is 0 Å². The molecule has 6 heteroatoms. The van der Waals surface area contributed by atoms with Crippen LogP contribution in [0.15, 0.2) is 0 Å². The molecule has 0 saturated heterocycles. The quantitative estimate of drug-likeness (QED) is 0.505. The average molecular weight is 298 g/mol. The van der Waals surface area contributed by atoms with E-state index in [9.17, 15) is 8.12 Å². The SMILES string of the molecule is CCCCC(CC)C(=O)O.CCCC[O][Ti](=[O])[OH]. The van der Waals surface area contributed by atoms with E-state index in [1.54, 1.807) is 0 Å². The predicted octanol–water partition coefficient (Wildman–Crippen LogP) is 2.88. The first-order chi connectivity index (χ1) is 8.49. The van der Waals surface area contributed by atoms with Crippen molar-refractivity contribution in [2.24, 2.45) is 5.92 Å². The molecule has 0 aromatic heterocycles. The number of carboxylic acid groups (broad SMARTS) is 1. The molecule has 0 fully saturated rings. The third-order valence-electron chi connectivity index (χ3n) is 2.47. The Balaban J connectivity index is 0. The zero-order valence-electron chi connectivity index (χ0n) is 11.6. The Morgan fingerprint density at radius 1 is 1.22 bits per heavy atom. The zero-order valence-corrected chi connectivity index (χ0v) is 13.2. The van der Waals surface area contributed by atoms with Crippen LogP contribution in [-0.2, 0) is 30.1 Å². The van der Waals surface area contributed by atoms with Crippen molar-refractivity contribution in [1.29, 1.82) is 0 Å². The van der Waals surface area contributed by atoms with E-state index in [0.717, 1.165) is 38.5 Å². The summed E-state index contributed by atoms with van der Waals surface area (Å²) in [4.78, 5) is 10.4. The number of rotatable bonds is 9. The van der Waals surface area contributed by atoms with Gasteiger partial charge in [-0.05, 0) is 12.8 Å². The van der Waals surface area contributed by atoms with Gasteiger partial charge in [0.25, 0.3) is 0 Å². The van der Waals surface area contributed by atoms with E-state index >= 15 is 0 Å². The van der Waals surface area contributed by atoms with Crippen LogP contribution in [0.3, 0.4) is 0 Å². The van der Waals surface area contributed by atoms with Gasteiger partial charge >= 0.3 is 61.3 Å². The van der Waals surface area contributed by atoms with Gasteiger partial charge in [-0.1, -0.05) is 26.7 Å². The van der Waals surface area contributed by atoms with Crippen LogP contribution in [0, 0.1) is 5.92 Å². The second-order valence-corrected chi connectivity index (χ2v) is 5.33. The summed E-state index contributed by atoms with van der Waals surface area (Å²) in [6.07, 6.45) is 5.59. The normalized spacial score (nSPS) is 11.3. The molecule has 0 spiro atoms. The maximum absolute atomic E-state index is 10.4. The second kappa shape index (κ2) is 15.0. The van der Waals surface area contributed by atoms with Crippen molar-refractivity contribution in [2.75, 3.05) is 6.61 Å². The minimum atomic E-state index is -3.17. The Morgan fingerprint density at radius 2 is 1.78 bits per heavy atom. The summed E-state index contributed by atoms with van der Waals surface area (Å²) in [5, 5.41) is 8.60. The van der Waals surface area contributed by atoms with Crippen LogP contribution in [0.5, 0.6) is 0 Å². The van der Waals surface area contributed by atoms with Crippen molar-refractivity contribution in [3.05, 3.63) is 0 Å². The van der Waals surface area contributed by atoms with E-state index in [-0.39, 0.29) is 5.92 Å². The first kappa shape index (κ1) is 20.2. The summed E-state index contributed by atoms with van der Waals surface area (Å²) in [5.74, 6) is -0.754. The molecule has 5 nitrogen and oxygen atoms in total. The summed E-state index contributed by atoms with van der Waals surface area (Å²) < 4.78 is 22.5. The Kier molecular flexibility index (Phi) is 16.8. The van der Waals surface area contributed by atoms with E-state index in [4.69, 9.17) is 8.79 Å². The fourth-order valence-corrected chi connectivity index (χ4v) is 1.75. The van der Waals surface area contributed by atoms with Crippen molar-refractivity contribution in [3.63, 3.8) is 0 Å². The number of aliphatic carboxylic acids is 1. The molecule has 0 bridgehead atoms. The molecule has 0 heterocycles. The van der Waals surface area contributed by atoms with Gasteiger partial charge in [-0.2, -0.15) is 0 Å². The molecule has 0 aliphatic rings. The molecule has 2 N–H and O–H groups in total. The molecule has 0 aromatic carbocycles. The van der Waals surface area contributed by atoms with Gasteiger partial charge in [0.15, 0.2) is 0 Å². The number of carbonyl (C=O) groups is 1. The van der Waals surface area contributed by atoms with Gasteiger partial charge in [-0.15, -0.1) is 0 Å². The monoisotopic (exact) mass is 298 g/mol. The van der Waals surface area contributed by atoms with Gasteiger partial charge < -0.3 is 5.11 Å². The molecule has 1 unspecified atom stereocenters. The summed E-state index contributed by atoms with van der Waals surface area (Å²) in [6, 6.07) is 0. The Morgan fingerprint density at radius 3 is 2.11 bits per heavy atom. The molecule has 18 heavy (non-hydrogen) atoms. The molecular formula is C12H26O5Ti. The van der Waals surface area contributed by atoms with Crippen LogP contribution < -0.4 is 0 Å². The summed E-state index contributed by atoms with van der Waals surface area (Å²) in [6.45, 7) is 6.44. The fraction of sp³-hybridized carbons (Fsp3) is 0.917. The minimum absolute atomic E-state index is 0.111. The molecule has 0 aliphatic carbocycles. The Bertz CT molecular complexity index is 221. The van der Waals surface area contributed by atoms with Gasteiger partial charge in [0.1, 0.15) is 0 Å². The van der Waals surface area contributed by atoms with Crippen molar-refractivity contribution in [3.8, 4) is 0 Å². The molecule has 0 amide bonds. The summed E-state index contributed by atoms with van der Waals surface area (Å²) in [7, 11) is 0. The molecular weight excluding hydrogens is 272 g/mol. The van der Waals surface area contributed by atoms with E-state index in [1.807, 2.05) is 13.8 Å². The Labute approximate surface area is 117 Å². The molecule has 0 rings (SSSR count). The van der Waals surface area contributed by atoms with Gasteiger partial charge in [0.05, 0.1) is 5.92 Å². The molecule has 0 saturated carbocycles. The van der Waals surface area contributed by atoms with Crippen LogP contribution >= 0.6 is 0 Å². The molecule has 0 radical (unpaired) electrons. The van der Waals surface area contributed by atoms with Crippen molar-refractivity contribution < 1.29 is 38.8 Å². The van der Waals surface area contributed by atoms with Crippen LogP contribution in [0.4, 0.5) is 0 Å². The number of carboxylic acids is 1. The van der Waals surface area contributed by atoms with Crippen LogP contribution in [0.2, 0.25) is 0 Å². The molecule has 0 aromatic rings. The molecule has 108 valence electrons. The van der Waals surface area contributed by atoms with Crippen LogP contribution in [-0.4, -0.2) is 21.4 Å². The topological polar surface area (TPSA) is 83.8 Å². The van der Waals surface area contributed by atoms with E-state index in [1.165, 1.54) is 0 Å². The molecule has 0 aliphatic heterocycles. The number of hydrogen-bond acceptors (Lipinski definition) is 3. The van der Waals surface area contributed by atoms with Crippen molar-refractivity contribution >= 4 is 5.97 Å². The standard InChI is InChI=1S/C8H16O2.C4H9O.H2O.O.Ti/c1-3-5-6-7(4-2)8(9)10;1-2-3-4-5;;;/h7H,3-6H2,1-2H3,(H,9,10);2-4H2,1H3;1H2;;/q;-1;;;+2/p-1. The first-order valence-electron chi connectivity index (χ1n) is 6.57. The first-order valence-corrected chi connectivity index (χ1v) is 8.55. The van der Waals surface area contributed by atoms with Crippen LogP contribution in [0.1, 0.15) is 59.3 Å². The third kappa shape index (κ3) is 15.9. The predicted molar refractivity (Wildman–Crippen MR) is 64.7 cm³/mol. The Hall–Kier alpha value is -0.0957. The summed E-state index contributed by atoms with van der Waals surface area (Å²) in [5.41, 5.74) is 0. The van der Waals surface area contributed by atoms with E-state index < -0.39 is 24.6 Å². The average Bonchev–Trinajstić information content (AvgIpc) is 2.30. The molecule has 1 atom stereocenters.